The van der Waals surface area contributed by atoms with Gasteiger partial charge in [-0.25, -0.2) is 4.79 Å². The van der Waals surface area contributed by atoms with Crippen molar-refractivity contribution in [2.75, 3.05) is 18.9 Å². The maximum Gasteiger partial charge on any atom is 0.331 e. The van der Waals surface area contributed by atoms with Gasteiger partial charge in [-0.2, -0.15) is 0 Å². The van der Waals surface area contributed by atoms with Gasteiger partial charge in [0.1, 0.15) is 5.69 Å². The summed E-state index contributed by atoms with van der Waals surface area (Å²) in [6, 6.07) is 0. The largest absolute Gasteiger partial charge is 0.393 e. The Balaban J connectivity index is 2.40. The van der Waals surface area contributed by atoms with Crippen LogP contribution in [-0.2, 0) is 17.8 Å². The maximum absolute atomic E-state index is 12.0. The number of nitrogens with two attached hydrogens (primary N) is 1. The minimum atomic E-state index is -0.397. The number of aryl methyl sites for hydroxylation is 1. The third kappa shape index (κ3) is 2.26. The van der Waals surface area contributed by atoms with Crippen LogP contribution in [0.4, 0.5) is 5.69 Å². The van der Waals surface area contributed by atoms with E-state index in [1.54, 1.807) is 0 Å². The molecule has 6 nitrogen and oxygen atoms in total. The van der Waals surface area contributed by atoms with Crippen LogP contribution < -0.4 is 17.0 Å². The Bertz CT molecular complexity index is 512. The van der Waals surface area contributed by atoms with Crippen LogP contribution in [-0.4, -0.2) is 22.3 Å². The summed E-state index contributed by atoms with van der Waals surface area (Å²) in [7, 11) is 0. The highest BCUT2D eigenvalue weighted by Crippen LogP contribution is 2.13. The summed E-state index contributed by atoms with van der Waals surface area (Å²) in [5.41, 5.74) is 5.04. The van der Waals surface area contributed by atoms with E-state index in [0.717, 1.165) is 6.42 Å². The summed E-state index contributed by atoms with van der Waals surface area (Å²) in [6.07, 6.45) is 2.29. The molecule has 0 aliphatic carbocycles. The molecule has 1 aliphatic rings. The fourth-order valence-electron chi connectivity index (χ4n) is 2.05. The van der Waals surface area contributed by atoms with Crippen LogP contribution in [0.5, 0.6) is 0 Å². The Kier molecular flexibility index (Phi) is 3.33. The fraction of sp³-hybridized carbons (Fsp3) is 0.636. The third-order valence-corrected chi connectivity index (χ3v) is 3.07. The smallest absolute Gasteiger partial charge is 0.331 e. The number of nitrogen functional groups attached to an aromatic ring is 1. The van der Waals surface area contributed by atoms with E-state index in [1.807, 2.05) is 6.92 Å². The van der Waals surface area contributed by atoms with Gasteiger partial charge >= 0.3 is 5.69 Å². The van der Waals surface area contributed by atoms with Crippen molar-refractivity contribution in [2.24, 2.45) is 5.92 Å². The van der Waals surface area contributed by atoms with Gasteiger partial charge in [0.25, 0.3) is 5.56 Å². The van der Waals surface area contributed by atoms with Crippen molar-refractivity contribution in [3.8, 4) is 0 Å². The van der Waals surface area contributed by atoms with Gasteiger partial charge in [0.2, 0.25) is 0 Å². The Labute approximate surface area is 98.6 Å². The van der Waals surface area contributed by atoms with E-state index in [1.165, 1.54) is 15.3 Å². The van der Waals surface area contributed by atoms with Gasteiger partial charge in [-0.15, -0.1) is 0 Å². The van der Waals surface area contributed by atoms with Crippen LogP contribution in [0, 0.1) is 5.92 Å². The first-order valence-corrected chi connectivity index (χ1v) is 5.81. The summed E-state index contributed by atoms with van der Waals surface area (Å²) >= 11 is 0. The van der Waals surface area contributed by atoms with Crippen LogP contribution in [0.2, 0.25) is 0 Å². The molecule has 1 aliphatic heterocycles. The van der Waals surface area contributed by atoms with E-state index in [0.29, 0.717) is 26.3 Å². The van der Waals surface area contributed by atoms with Gasteiger partial charge in [-0.3, -0.25) is 13.9 Å². The van der Waals surface area contributed by atoms with E-state index in [9.17, 15) is 9.59 Å². The van der Waals surface area contributed by atoms with Crippen LogP contribution in [0.15, 0.2) is 15.8 Å². The van der Waals surface area contributed by atoms with E-state index >= 15 is 0 Å². The summed E-state index contributed by atoms with van der Waals surface area (Å²) in [5, 5.41) is 0. The SMILES string of the molecule is CCn1cc(N)c(=O)n(CC2CCOC2)c1=O. The molecule has 2 rings (SSSR count). The molecule has 1 aromatic rings. The van der Waals surface area contributed by atoms with Gasteiger partial charge in [0, 0.05) is 31.8 Å². The molecule has 94 valence electrons. The van der Waals surface area contributed by atoms with Crippen molar-refractivity contribution in [1.29, 1.82) is 0 Å². The number of aromatic nitrogens is 2. The first-order chi connectivity index (χ1) is 8.13. The Morgan fingerprint density at radius 2 is 2.29 bits per heavy atom. The normalized spacial score (nSPS) is 19.7. The second-order valence-electron chi connectivity index (χ2n) is 4.30. The van der Waals surface area contributed by atoms with Gasteiger partial charge < -0.3 is 10.5 Å². The number of hydrogen-bond acceptors (Lipinski definition) is 4. The average molecular weight is 239 g/mol. The van der Waals surface area contributed by atoms with Crippen molar-refractivity contribution < 1.29 is 4.74 Å². The summed E-state index contributed by atoms with van der Waals surface area (Å²) in [5.74, 6) is 0.229. The van der Waals surface area contributed by atoms with Gasteiger partial charge in [0.05, 0.1) is 6.61 Å². The van der Waals surface area contributed by atoms with E-state index < -0.39 is 5.56 Å². The summed E-state index contributed by atoms with van der Waals surface area (Å²) in [6.45, 7) is 4.04. The molecule has 2 heterocycles. The van der Waals surface area contributed by atoms with E-state index in [-0.39, 0.29) is 17.3 Å². The highest BCUT2D eigenvalue weighted by Gasteiger charge is 2.19. The summed E-state index contributed by atoms with van der Waals surface area (Å²) in [4.78, 5) is 23.8. The van der Waals surface area contributed by atoms with Crippen LogP contribution in [0.25, 0.3) is 0 Å². The summed E-state index contributed by atoms with van der Waals surface area (Å²) < 4.78 is 7.91. The molecule has 6 heteroatoms. The molecule has 0 saturated carbocycles. The fourth-order valence-corrected chi connectivity index (χ4v) is 2.05. The highest BCUT2D eigenvalue weighted by molar-refractivity contribution is 5.30. The van der Waals surface area contributed by atoms with Crippen LogP contribution in [0.3, 0.4) is 0 Å². The second kappa shape index (κ2) is 4.75. The first-order valence-electron chi connectivity index (χ1n) is 5.81. The number of ether oxygens (including phenoxy) is 1. The van der Waals surface area contributed by atoms with Crippen molar-refractivity contribution in [1.82, 2.24) is 9.13 Å². The molecule has 1 unspecified atom stereocenters. The third-order valence-electron chi connectivity index (χ3n) is 3.07. The lowest BCUT2D eigenvalue weighted by Crippen LogP contribution is -2.42. The van der Waals surface area contributed by atoms with Crippen molar-refractivity contribution >= 4 is 5.69 Å². The van der Waals surface area contributed by atoms with Crippen LogP contribution in [0.1, 0.15) is 13.3 Å². The number of rotatable bonds is 3. The molecule has 0 aromatic carbocycles. The first kappa shape index (κ1) is 11.9. The standard InChI is InChI=1S/C11H17N3O3/c1-2-13-6-9(12)10(15)14(11(13)16)5-8-3-4-17-7-8/h6,8H,2-5,7,12H2,1H3. The average Bonchev–Trinajstić information content (AvgIpc) is 2.82. The number of anilines is 1. The molecule has 17 heavy (non-hydrogen) atoms. The van der Waals surface area contributed by atoms with Gasteiger partial charge in [-0.1, -0.05) is 0 Å². The molecule has 0 amide bonds. The molecule has 1 fully saturated rings. The predicted octanol–water partition coefficient (Wildman–Crippen LogP) is -0.351. The monoisotopic (exact) mass is 239 g/mol. The van der Waals surface area contributed by atoms with Crippen molar-refractivity contribution in [3.63, 3.8) is 0 Å². The van der Waals surface area contributed by atoms with Gasteiger partial charge in [-0.05, 0) is 13.3 Å². The quantitative estimate of drug-likeness (QED) is 0.781. The molecule has 1 aromatic heterocycles. The van der Waals surface area contributed by atoms with E-state index in [4.69, 9.17) is 10.5 Å². The predicted molar refractivity (Wildman–Crippen MR) is 64.0 cm³/mol. The molecule has 0 bridgehead atoms. The lowest BCUT2D eigenvalue weighted by Gasteiger charge is -2.12. The second-order valence-corrected chi connectivity index (χ2v) is 4.30. The minimum Gasteiger partial charge on any atom is -0.393 e. The molecular weight excluding hydrogens is 222 g/mol. The number of nitrogens with zero attached hydrogens (tertiary/aromatic N) is 2. The minimum absolute atomic E-state index is 0.116. The Morgan fingerprint density at radius 3 is 2.88 bits per heavy atom. The topological polar surface area (TPSA) is 79.2 Å². The van der Waals surface area contributed by atoms with Crippen molar-refractivity contribution in [2.45, 2.75) is 26.4 Å². The zero-order valence-electron chi connectivity index (χ0n) is 9.89. The van der Waals surface area contributed by atoms with Crippen molar-refractivity contribution in [3.05, 3.63) is 27.0 Å². The Hall–Kier alpha value is -1.56. The molecule has 0 spiro atoms. The zero-order chi connectivity index (χ0) is 12.4. The number of hydrogen-bond donors (Lipinski definition) is 1. The molecule has 2 N–H and O–H groups in total. The lowest BCUT2D eigenvalue weighted by molar-refractivity contribution is 0.181. The highest BCUT2D eigenvalue weighted by atomic mass is 16.5. The zero-order valence-corrected chi connectivity index (χ0v) is 9.89. The molecule has 1 atom stereocenters. The van der Waals surface area contributed by atoms with Crippen LogP contribution >= 0.6 is 0 Å². The Morgan fingerprint density at radius 1 is 1.53 bits per heavy atom. The molecule has 0 radical (unpaired) electrons. The van der Waals surface area contributed by atoms with Gasteiger partial charge in [0.15, 0.2) is 0 Å². The lowest BCUT2D eigenvalue weighted by atomic mass is 10.1. The maximum atomic E-state index is 12.0. The van der Waals surface area contributed by atoms with E-state index in [2.05, 4.69) is 0 Å². The molecule has 1 saturated heterocycles. The molecular formula is C11H17N3O3.